The Kier molecular flexibility index (Phi) is 8.66. The van der Waals surface area contributed by atoms with E-state index in [-0.39, 0.29) is 18.4 Å². The van der Waals surface area contributed by atoms with Crippen LogP contribution in [0.5, 0.6) is 0 Å². The van der Waals surface area contributed by atoms with Gasteiger partial charge in [0, 0.05) is 10.7 Å². The Labute approximate surface area is 202 Å². The molecule has 0 radical (unpaired) electrons. The van der Waals surface area contributed by atoms with E-state index in [2.05, 4.69) is 10.6 Å². The molecular weight excluding hydrogens is 436 g/mol. The van der Waals surface area contributed by atoms with Crippen molar-refractivity contribution in [1.82, 2.24) is 0 Å². The van der Waals surface area contributed by atoms with Crippen molar-refractivity contribution in [2.75, 3.05) is 10.6 Å². The number of aliphatic hydroxyl groups is 1. The summed E-state index contributed by atoms with van der Waals surface area (Å²) in [6.45, 7) is 5.76. The normalized spacial score (nSPS) is 16.8. The van der Waals surface area contributed by atoms with Crippen molar-refractivity contribution < 1.29 is 15.0 Å². The van der Waals surface area contributed by atoms with E-state index in [1.165, 1.54) is 19.3 Å². The molecule has 0 aliphatic heterocycles. The van der Waals surface area contributed by atoms with Crippen molar-refractivity contribution >= 4 is 34.6 Å². The first-order valence-corrected chi connectivity index (χ1v) is 12.4. The lowest BCUT2D eigenvalue weighted by atomic mass is 9.77. The number of rotatable bonds is 10. The second-order valence-electron chi connectivity index (χ2n) is 9.81. The number of benzene rings is 2. The highest BCUT2D eigenvalue weighted by Gasteiger charge is 2.35. The zero-order valence-corrected chi connectivity index (χ0v) is 20.7. The fourth-order valence-electron chi connectivity index (χ4n) is 4.95. The first-order chi connectivity index (χ1) is 15.7. The van der Waals surface area contributed by atoms with Gasteiger partial charge in [0.05, 0.1) is 29.4 Å². The molecule has 2 aromatic rings. The zero-order valence-electron chi connectivity index (χ0n) is 19.9. The largest absolute Gasteiger partial charge is 0.481 e. The molecule has 5 nitrogen and oxygen atoms in total. The molecule has 1 aliphatic carbocycles. The summed E-state index contributed by atoms with van der Waals surface area (Å²) in [6.07, 6.45) is 6.70. The third kappa shape index (κ3) is 7.12. The van der Waals surface area contributed by atoms with Crippen LogP contribution in [0.15, 0.2) is 42.5 Å². The fraction of sp³-hybridized carbons (Fsp3) is 0.519. The van der Waals surface area contributed by atoms with Crippen molar-refractivity contribution in [1.29, 1.82) is 0 Å². The van der Waals surface area contributed by atoms with Gasteiger partial charge in [-0.3, -0.25) is 4.79 Å². The van der Waals surface area contributed by atoms with Crippen LogP contribution in [0.1, 0.15) is 77.2 Å². The standard InChI is InChI=1S/C27H37ClN2O3/c1-4-18(17-25(31)32)20-10-15-23(24(16-20)29-22-13-11-21(28)12-14-22)30-26(27(2,3)33)19-8-6-5-7-9-19/h10-16,18-19,26,29-30,33H,4-9,17H2,1-3H3,(H,31,32)/t18?,26-/m1/s1. The number of halogens is 1. The molecule has 1 unspecified atom stereocenters. The summed E-state index contributed by atoms with van der Waals surface area (Å²) in [5.74, 6) is -0.460. The van der Waals surface area contributed by atoms with Crippen LogP contribution >= 0.6 is 11.6 Å². The van der Waals surface area contributed by atoms with Crippen molar-refractivity contribution in [3.05, 3.63) is 53.1 Å². The van der Waals surface area contributed by atoms with Gasteiger partial charge in [0.15, 0.2) is 0 Å². The van der Waals surface area contributed by atoms with Crippen LogP contribution in [-0.2, 0) is 4.79 Å². The molecule has 6 heteroatoms. The molecule has 0 aromatic heterocycles. The lowest BCUT2D eigenvalue weighted by Gasteiger charge is -2.39. The molecule has 0 saturated heterocycles. The van der Waals surface area contributed by atoms with Crippen LogP contribution < -0.4 is 10.6 Å². The smallest absolute Gasteiger partial charge is 0.303 e. The summed E-state index contributed by atoms with van der Waals surface area (Å²) in [6, 6.07) is 13.5. The molecule has 0 spiro atoms. The lowest BCUT2D eigenvalue weighted by Crippen LogP contribution is -2.47. The Morgan fingerprint density at radius 1 is 1.09 bits per heavy atom. The van der Waals surface area contributed by atoms with Crippen LogP contribution in [0.4, 0.5) is 17.1 Å². The Balaban J connectivity index is 1.96. The number of hydrogen-bond acceptors (Lipinski definition) is 4. The molecule has 4 N–H and O–H groups in total. The van der Waals surface area contributed by atoms with Crippen LogP contribution in [0, 0.1) is 5.92 Å². The van der Waals surface area contributed by atoms with Crippen molar-refractivity contribution in [3.63, 3.8) is 0 Å². The minimum Gasteiger partial charge on any atom is -0.481 e. The average Bonchev–Trinajstić information content (AvgIpc) is 2.77. The van der Waals surface area contributed by atoms with E-state index in [0.29, 0.717) is 10.9 Å². The van der Waals surface area contributed by atoms with Gasteiger partial charge in [0.2, 0.25) is 0 Å². The molecule has 2 aromatic carbocycles. The molecule has 1 aliphatic rings. The Morgan fingerprint density at radius 2 is 1.76 bits per heavy atom. The average molecular weight is 473 g/mol. The number of carboxylic acids is 1. The number of carbonyl (C=O) groups is 1. The first-order valence-electron chi connectivity index (χ1n) is 12.0. The summed E-state index contributed by atoms with van der Waals surface area (Å²) in [5.41, 5.74) is 2.76. The summed E-state index contributed by atoms with van der Waals surface area (Å²) in [7, 11) is 0. The van der Waals surface area contributed by atoms with E-state index < -0.39 is 11.6 Å². The molecule has 0 bridgehead atoms. The molecule has 1 saturated carbocycles. The quantitative estimate of drug-likeness (QED) is 0.294. The van der Waals surface area contributed by atoms with Gasteiger partial charge in [0.1, 0.15) is 0 Å². The second kappa shape index (κ2) is 11.3. The highest BCUT2D eigenvalue weighted by atomic mass is 35.5. The summed E-state index contributed by atoms with van der Waals surface area (Å²) >= 11 is 6.06. The predicted molar refractivity (Wildman–Crippen MR) is 137 cm³/mol. The maximum Gasteiger partial charge on any atom is 0.303 e. The number of aliphatic carboxylic acids is 1. The van der Waals surface area contributed by atoms with Crippen molar-refractivity contribution in [3.8, 4) is 0 Å². The third-order valence-electron chi connectivity index (χ3n) is 6.75. The summed E-state index contributed by atoms with van der Waals surface area (Å²) in [4.78, 5) is 11.4. The molecule has 0 heterocycles. The second-order valence-corrected chi connectivity index (χ2v) is 10.3. The van der Waals surface area contributed by atoms with Gasteiger partial charge in [-0.05, 0) is 86.9 Å². The van der Waals surface area contributed by atoms with Crippen molar-refractivity contribution in [2.24, 2.45) is 5.92 Å². The van der Waals surface area contributed by atoms with E-state index in [0.717, 1.165) is 41.9 Å². The van der Waals surface area contributed by atoms with Gasteiger partial charge >= 0.3 is 5.97 Å². The highest BCUT2D eigenvalue weighted by molar-refractivity contribution is 6.30. The molecule has 33 heavy (non-hydrogen) atoms. The monoisotopic (exact) mass is 472 g/mol. The van der Waals surface area contributed by atoms with Crippen LogP contribution in [0.2, 0.25) is 5.02 Å². The number of carboxylic acid groups (broad SMARTS) is 1. The van der Waals surface area contributed by atoms with Gasteiger partial charge in [-0.15, -0.1) is 0 Å². The fourth-order valence-corrected chi connectivity index (χ4v) is 5.07. The molecule has 1 fully saturated rings. The Bertz CT molecular complexity index is 918. The minimum atomic E-state index is -0.881. The maximum absolute atomic E-state index is 11.4. The Morgan fingerprint density at radius 3 is 2.33 bits per heavy atom. The summed E-state index contributed by atoms with van der Waals surface area (Å²) < 4.78 is 0. The van der Waals surface area contributed by atoms with Crippen molar-refractivity contribution in [2.45, 2.75) is 83.3 Å². The van der Waals surface area contributed by atoms with Crippen LogP contribution in [0.3, 0.4) is 0 Å². The number of anilines is 3. The zero-order chi connectivity index (χ0) is 24.0. The first kappa shape index (κ1) is 25.4. The topological polar surface area (TPSA) is 81.6 Å². The van der Waals surface area contributed by atoms with E-state index in [1.807, 2.05) is 63.2 Å². The maximum atomic E-state index is 11.4. The molecular formula is C27H37ClN2O3. The number of hydrogen-bond donors (Lipinski definition) is 4. The minimum absolute atomic E-state index is 0.0641. The molecule has 180 valence electrons. The number of nitrogens with one attached hydrogen (secondary N) is 2. The van der Waals surface area contributed by atoms with E-state index in [4.69, 9.17) is 11.6 Å². The van der Waals surface area contributed by atoms with Crippen LogP contribution in [0.25, 0.3) is 0 Å². The Hall–Kier alpha value is -2.24. The predicted octanol–water partition coefficient (Wildman–Crippen LogP) is 7.18. The van der Waals surface area contributed by atoms with Gasteiger partial charge in [-0.25, -0.2) is 0 Å². The molecule has 0 amide bonds. The van der Waals surface area contributed by atoms with Gasteiger partial charge < -0.3 is 20.8 Å². The van der Waals surface area contributed by atoms with E-state index in [9.17, 15) is 15.0 Å². The van der Waals surface area contributed by atoms with E-state index >= 15 is 0 Å². The SMILES string of the molecule is CCC(CC(=O)O)c1ccc(N[C@H](C2CCCCC2)C(C)(C)O)c(Nc2ccc(Cl)cc2)c1. The lowest BCUT2D eigenvalue weighted by molar-refractivity contribution is -0.137. The molecule has 2 atom stereocenters. The molecule has 3 rings (SSSR count). The van der Waals surface area contributed by atoms with Gasteiger partial charge in [0.25, 0.3) is 0 Å². The third-order valence-corrected chi connectivity index (χ3v) is 7.00. The van der Waals surface area contributed by atoms with Crippen LogP contribution in [-0.4, -0.2) is 27.8 Å². The summed E-state index contributed by atoms with van der Waals surface area (Å²) in [5, 5.41) is 28.2. The highest BCUT2D eigenvalue weighted by Crippen LogP contribution is 2.37. The van der Waals surface area contributed by atoms with Gasteiger partial charge in [-0.1, -0.05) is 43.9 Å². The van der Waals surface area contributed by atoms with E-state index in [1.54, 1.807) is 0 Å². The van der Waals surface area contributed by atoms with Gasteiger partial charge in [-0.2, -0.15) is 0 Å².